The molecule has 0 radical (unpaired) electrons. The molecule has 0 saturated carbocycles. The summed E-state index contributed by atoms with van der Waals surface area (Å²) in [4.78, 5) is 0. The van der Waals surface area contributed by atoms with Crippen molar-refractivity contribution in [2.24, 2.45) is 0 Å². The van der Waals surface area contributed by atoms with Gasteiger partial charge < -0.3 is 20.8 Å². The highest BCUT2D eigenvalue weighted by Gasteiger charge is 1.91. The Hall–Kier alpha value is -2.04. The van der Waals surface area contributed by atoms with Gasteiger partial charge in [-0.05, 0) is 37.1 Å². The number of hydrogen-bond donors (Lipinski definition) is 4. The third-order valence-corrected chi connectivity index (χ3v) is 3.19. The van der Waals surface area contributed by atoms with Crippen LogP contribution in [0, 0.1) is 13.8 Å². The number of phenols is 2. The van der Waals surface area contributed by atoms with Gasteiger partial charge in [-0.2, -0.15) is 0 Å². The first-order valence-electron chi connectivity index (χ1n) is 7.52. The standard InChI is InChI=1S/2C7H8O.C4H10N2/c2*1-6-4-2-3-5-7(6)8;1-2-6-4-3-5-1/h2*2-5,8H,1H3;5-6H,1-4H2. The lowest BCUT2D eigenvalue weighted by Gasteiger charge is -2.11. The molecule has 0 unspecified atom stereocenters. The Kier molecular flexibility index (Phi) is 8.72. The zero-order valence-corrected chi connectivity index (χ0v) is 13.3. The Morgan fingerprint density at radius 3 is 1.14 bits per heavy atom. The Balaban J connectivity index is 0.000000167. The van der Waals surface area contributed by atoms with Gasteiger partial charge in [-0.15, -0.1) is 0 Å². The van der Waals surface area contributed by atoms with E-state index in [4.69, 9.17) is 10.2 Å². The first-order chi connectivity index (χ1) is 10.6. The molecule has 22 heavy (non-hydrogen) atoms. The predicted octanol–water partition coefficient (Wildman–Crippen LogP) is 2.58. The molecule has 4 N–H and O–H groups in total. The van der Waals surface area contributed by atoms with Gasteiger partial charge in [0.25, 0.3) is 0 Å². The smallest absolute Gasteiger partial charge is 0.118 e. The Labute approximate surface area is 132 Å². The van der Waals surface area contributed by atoms with Crippen molar-refractivity contribution >= 4 is 0 Å². The molecule has 0 bridgehead atoms. The molecule has 0 amide bonds. The largest absolute Gasteiger partial charge is 0.508 e. The molecular weight excluding hydrogens is 276 g/mol. The summed E-state index contributed by atoms with van der Waals surface area (Å²) < 4.78 is 0. The van der Waals surface area contributed by atoms with Crippen LogP contribution in [-0.2, 0) is 0 Å². The minimum absolute atomic E-state index is 0.368. The van der Waals surface area contributed by atoms with Gasteiger partial charge in [0.15, 0.2) is 0 Å². The summed E-state index contributed by atoms with van der Waals surface area (Å²) in [6, 6.07) is 14.5. The van der Waals surface area contributed by atoms with E-state index in [2.05, 4.69) is 10.6 Å². The number of aryl methyl sites for hydroxylation is 2. The number of aromatic hydroxyl groups is 2. The SMILES string of the molecule is C1CNCCN1.Cc1ccccc1O.Cc1ccccc1O. The van der Waals surface area contributed by atoms with Crippen LogP contribution in [-0.4, -0.2) is 36.4 Å². The summed E-state index contributed by atoms with van der Waals surface area (Å²) in [7, 11) is 0. The van der Waals surface area contributed by atoms with Crippen LogP contribution in [0.25, 0.3) is 0 Å². The Bertz CT molecular complexity index is 443. The lowest BCUT2D eigenvalue weighted by Crippen LogP contribution is -2.39. The lowest BCUT2D eigenvalue weighted by atomic mass is 10.2. The summed E-state index contributed by atoms with van der Waals surface area (Å²) in [5, 5.41) is 24.3. The van der Waals surface area contributed by atoms with Crippen LogP contribution >= 0.6 is 0 Å². The highest BCUT2D eigenvalue weighted by molar-refractivity contribution is 5.30. The van der Waals surface area contributed by atoms with Gasteiger partial charge in [0.1, 0.15) is 11.5 Å². The van der Waals surface area contributed by atoms with Crippen molar-refractivity contribution < 1.29 is 10.2 Å². The van der Waals surface area contributed by atoms with E-state index in [-0.39, 0.29) is 0 Å². The van der Waals surface area contributed by atoms with Crippen LogP contribution in [0.1, 0.15) is 11.1 Å². The normalized spacial score (nSPS) is 13.2. The van der Waals surface area contributed by atoms with Crippen LogP contribution < -0.4 is 10.6 Å². The summed E-state index contributed by atoms with van der Waals surface area (Å²) in [6.45, 7) is 8.30. The Morgan fingerprint density at radius 2 is 0.955 bits per heavy atom. The van der Waals surface area contributed by atoms with E-state index in [1.165, 1.54) is 0 Å². The van der Waals surface area contributed by atoms with Crippen LogP contribution in [0.15, 0.2) is 48.5 Å². The number of phenolic OH excluding ortho intramolecular Hbond substituents is 2. The van der Waals surface area contributed by atoms with E-state index < -0.39 is 0 Å². The van der Waals surface area contributed by atoms with Crippen LogP contribution in [0.3, 0.4) is 0 Å². The molecule has 120 valence electrons. The first-order valence-corrected chi connectivity index (χ1v) is 7.52. The highest BCUT2D eigenvalue weighted by atomic mass is 16.3. The van der Waals surface area contributed by atoms with E-state index in [9.17, 15) is 0 Å². The fourth-order valence-electron chi connectivity index (χ4n) is 1.73. The molecule has 4 nitrogen and oxygen atoms in total. The summed E-state index contributed by atoms with van der Waals surface area (Å²) in [5.74, 6) is 0.736. The molecule has 4 heteroatoms. The monoisotopic (exact) mass is 302 g/mol. The molecule has 1 saturated heterocycles. The third kappa shape index (κ3) is 7.67. The number of benzene rings is 2. The fraction of sp³-hybridized carbons (Fsp3) is 0.333. The molecule has 1 aliphatic rings. The maximum atomic E-state index is 8.92. The second kappa shape index (κ2) is 10.7. The molecule has 0 aromatic heterocycles. The number of rotatable bonds is 0. The van der Waals surface area contributed by atoms with Crippen LogP contribution in [0.5, 0.6) is 11.5 Å². The maximum Gasteiger partial charge on any atom is 0.118 e. The van der Waals surface area contributed by atoms with Gasteiger partial charge in [0.2, 0.25) is 0 Å². The zero-order chi connectivity index (χ0) is 16.2. The van der Waals surface area contributed by atoms with Gasteiger partial charge >= 0.3 is 0 Å². The van der Waals surface area contributed by atoms with E-state index in [1.807, 2.05) is 50.2 Å². The van der Waals surface area contributed by atoms with E-state index in [1.54, 1.807) is 12.1 Å². The second-order valence-corrected chi connectivity index (χ2v) is 5.07. The molecule has 3 rings (SSSR count). The minimum atomic E-state index is 0.368. The molecule has 2 aromatic carbocycles. The fourth-order valence-corrected chi connectivity index (χ4v) is 1.73. The molecule has 0 atom stereocenters. The topological polar surface area (TPSA) is 64.5 Å². The molecule has 2 aromatic rings. The minimum Gasteiger partial charge on any atom is -0.508 e. The van der Waals surface area contributed by atoms with Crippen LogP contribution in [0.2, 0.25) is 0 Å². The summed E-state index contributed by atoms with van der Waals surface area (Å²) in [6.07, 6.45) is 0. The summed E-state index contributed by atoms with van der Waals surface area (Å²) >= 11 is 0. The van der Waals surface area contributed by atoms with Crippen molar-refractivity contribution in [3.05, 3.63) is 59.7 Å². The van der Waals surface area contributed by atoms with Crippen molar-refractivity contribution in [3.63, 3.8) is 0 Å². The third-order valence-electron chi connectivity index (χ3n) is 3.19. The average molecular weight is 302 g/mol. The van der Waals surface area contributed by atoms with Gasteiger partial charge in [-0.3, -0.25) is 0 Å². The number of piperazine rings is 1. The molecule has 0 aliphatic carbocycles. The van der Waals surface area contributed by atoms with Crippen molar-refractivity contribution in [1.82, 2.24) is 10.6 Å². The molecule has 0 spiro atoms. The van der Waals surface area contributed by atoms with E-state index in [0.717, 1.165) is 37.3 Å². The van der Waals surface area contributed by atoms with E-state index >= 15 is 0 Å². The Morgan fingerprint density at radius 1 is 0.636 bits per heavy atom. The van der Waals surface area contributed by atoms with E-state index in [0.29, 0.717) is 11.5 Å². The zero-order valence-electron chi connectivity index (χ0n) is 13.3. The van der Waals surface area contributed by atoms with Crippen molar-refractivity contribution in [2.45, 2.75) is 13.8 Å². The number of para-hydroxylation sites is 2. The van der Waals surface area contributed by atoms with Crippen molar-refractivity contribution in [2.75, 3.05) is 26.2 Å². The molecular formula is C18H26N2O2. The van der Waals surface area contributed by atoms with Gasteiger partial charge in [-0.25, -0.2) is 0 Å². The molecule has 1 aliphatic heterocycles. The number of hydrogen-bond acceptors (Lipinski definition) is 4. The van der Waals surface area contributed by atoms with Gasteiger partial charge in [-0.1, -0.05) is 36.4 Å². The van der Waals surface area contributed by atoms with Gasteiger partial charge in [0.05, 0.1) is 0 Å². The number of nitrogens with one attached hydrogen (secondary N) is 2. The van der Waals surface area contributed by atoms with Crippen molar-refractivity contribution in [3.8, 4) is 11.5 Å². The average Bonchev–Trinajstić information content (AvgIpc) is 2.56. The maximum absolute atomic E-state index is 8.92. The lowest BCUT2D eigenvalue weighted by molar-refractivity contribution is 0.470. The first kappa shape index (κ1) is 18.0. The van der Waals surface area contributed by atoms with Gasteiger partial charge in [0, 0.05) is 26.2 Å². The molecule has 1 fully saturated rings. The van der Waals surface area contributed by atoms with Crippen LogP contribution in [0.4, 0.5) is 0 Å². The molecule has 1 heterocycles. The summed E-state index contributed by atoms with van der Waals surface area (Å²) in [5.41, 5.74) is 1.85. The predicted molar refractivity (Wildman–Crippen MR) is 91.4 cm³/mol. The quantitative estimate of drug-likeness (QED) is 0.604. The second-order valence-electron chi connectivity index (χ2n) is 5.07. The van der Waals surface area contributed by atoms with Crippen molar-refractivity contribution in [1.29, 1.82) is 0 Å². The highest BCUT2D eigenvalue weighted by Crippen LogP contribution is 2.12.